The average molecular weight is 290 g/mol. The zero-order chi connectivity index (χ0) is 14.9. The summed E-state index contributed by atoms with van der Waals surface area (Å²) in [7, 11) is 0. The standard InChI is InChI=1S/C13H17F3N2O2/c1-7-4-3-5-9(6-7)11-17-12(20-18-11)8(2)10(19)13(14,15)16/h7-9H,3-6H2,1-2H3. The Kier molecular flexibility index (Phi) is 4.15. The highest BCUT2D eigenvalue weighted by molar-refractivity contribution is 5.89. The lowest BCUT2D eigenvalue weighted by Crippen LogP contribution is -2.27. The van der Waals surface area contributed by atoms with E-state index in [1.807, 2.05) is 0 Å². The van der Waals surface area contributed by atoms with Crippen molar-refractivity contribution in [3.8, 4) is 0 Å². The second-order valence-corrected chi connectivity index (χ2v) is 5.54. The van der Waals surface area contributed by atoms with Crippen molar-refractivity contribution < 1.29 is 22.5 Å². The first-order valence-electron chi connectivity index (χ1n) is 6.73. The summed E-state index contributed by atoms with van der Waals surface area (Å²) in [6.07, 6.45) is -0.879. The first-order chi connectivity index (χ1) is 9.29. The van der Waals surface area contributed by atoms with Gasteiger partial charge in [-0.3, -0.25) is 4.79 Å². The molecule has 3 unspecified atom stereocenters. The van der Waals surface area contributed by atoms with Crippen molar-refractivity contribution in [1.82, 2.24) is 10.1 Å². The number of aromatic nitrogens is 2. The van der Waals surface area contributed by atoms with E-state index in [1.165, 1.54) is 0 Å². The van der Waals surface area contributed by atoms with Crippen LogP contribution in [0.15, 0.2) is 4.52 Å². The van der Waals surface area contributed by atoms with Crippen molar-refractivity contribution in [3.05, 3.63) is 11.7 Å². The topological polar surface area (TPSA) is 56.0 Å². The number of hydrogen-bond donors (Lipinski definition) is 0. The van der Waals surface area contributed by atoms with E-state index in [0.717, 1.165) is 32.6 Å². The number of ketones is 1. The minimum absolute atomic E-state index is 0.115. The molecule has 0 aliphatic heterocycles. The Morgan fingerprint density at radius 2 is 2.10 bits per heavy atom. The maximum Gasteiger partial charge on any atom is 0.450 e. The molecule has 0 amide bonds. The fourth-order valence-electron chi connectivity index (χ4n) is 2.62. The third-order valence-electron chi connectivity index (χ3n) is 3.80. The van der Waals surface area contributed by atoms with Gasteiger partial charge in [0.2, 0.25) is 11.7 Å². The maximum absolute atomic E-state index is 12.4. The molecule has 1 aliphatic carbocycles. The molecule has 0 spiro atoms. The molecule has 1 fully saturated rings. The Bertz CT molecular complexity index is 484. The van der Waals surface area contributed by atoms with Crippen LogP contribution in [0, 0.1) is 5.92 Å². The number of carbonyl (C=O) groups excluding carboxylic acids is 1. The fourth-order valence-corrected chi connectivity index (χ4v) is 2.62. The molecule has 2 rings (SSSR count). The molecule has 1 saturated carbocycles. The summed E-state index contributed by atoms with van der Waals surface area (Å²) in [5.74, 6) is -2.47. The molecule has 7 heteroatoms. The van der Waals surface area contributed by atoms with Crippen LogP contribution in [0.4, 0.5) is 13.2 Å². The molecule has 1 heterocycles. The lowest BCUT2D eigenvalue weighted by Gasteiger charge is -2.23. The van der Waals surface area contributed by atoms with E-state index in [-0.39, 0.29) is 11.8 Å². The largest absolute Gasteiger partial charge is 0.450 e. The Labute approximate surface area is 114 Å². The molecule has 20 heavy (non-hydrogen) atoms. The highest BCUT2D eigenvalue weighted by Gasteiger charge is 2.44. The zero-order valence-electron chi connectivity index (χ0n) is 11.4. The van der Waals surface area contributed by atoms with Crippen LogP contribution in [0.25, 0.3) is 0 Å². The first kappa shape index (κ1) is 15.0. The van der Waals surface area contributed by atoms with Gasteiger partial charge in [-0.15, -0.1) is 0 Å². The number of nitrogens with zero attached hydrogens (tertiary/aromatic N) is 2. The maximum atomic E-state index is 12.4. The molecular formula is C13H17F3N2O2. The summed E-state index contributed by atoms with van der Waals surface area (Å²) in [5, 5.41) is 3.75. The number of rotatable bonds is 3. The summed E-state index contributed by atoms with van der Waals surface area (Å²) in [4.78, 5) is 15.2. The predicted octanol–water partition coefficient (Wildman–Crippen LogP) is 3.60. The molecule has 0 aromatic carbocycles. The van der Waals surface area contributed by atoms with Crippen LogP contribution < -0.4 is 0 Å². The van der Waals surface area contributed by atoms with Gasteiger partial charge in [-0.1, -0.05) is 24.9 Å². The molecule has 1 aliphatic rings. The minimum Gasteiger partial charge on any atom is -0.339 e. The summed E-state index contributed by atoms with van der Waals surface area (Å²) < 4.78 is 41.9. The molecule has 112 valence electrons. The van der Waals surface area contributed by atoms with Gasteiger partial charge < -0.3 is 4.52 Å². The lowest BCUT2D eigenvalue weighted by molar-refractivity contribution is -0.172. The highest BCUT2D eigenvalue weighted by atomic mass is 19.4. The molecule has 0 saturated heterocycles. The first-order valence-corrected chi connectivity index (χ1v) is 6.73. The van der Waals surface area contributed by atoms with E-state index < -0.39 is 17.9 Å². The smallest absolute Gasteiger partial charge is 0.339 e. The van der Waals surface area contributed by atoms with Crippen LogP contribution >= 0.6 is 0 Å². The monoisotopic (exact) mass is 290 g/mol. The van der Waals surface area contributed by atoms with Crippen molar-refractivity contribution >= 4 is 5.78 Å². The van der Waals surface area contributed by atoms with Gasteiger partial charge in [-0.05, 0) is 25.7 Å². The van der Waals surface area contributed by atoms with Gasteiger partial charge in [-0.25, -0.2) is 0 Å². The van der Waals surface area contributed by atoms with Crippen LogP contribution in [0.3, 0.4) is 0 Å². The third kappa shape index (κ3) is 3.19. The van der Waals surface area contributed by atoms with Crippen molar-refractivity contribution in [2.24, 2.45) is 5.92 Å². The van der Waals surface area contributed by atoms with Crippen LogP contribution in [0.1, 0.15) is 63.1 Å². The second kappa shape index (κ2) is 5.54. The van der Waals surface area contributed by atoms with E-state index >= 15 is 0 Å². The van der Waals surface area contributed by atoms with Gasteiger partial charge in [0.15, 0.2) is 5.82 Å². The van der Waals surface area contributed by atoms with Crippen LogP contribution in [-0.4, -0.2) is 22.1 Å². The van der Waals surface area contributed by atoms with E-state index in [4.69, 9.17) is 4.52 Å². The van der Waals surface area contributed by atoms with Crippen LogP contribution in [-0.2, 0) is 4.79 Å². The second-order valence-electron chi connectivity index (χ2n) is 5.54. The number of carbonyl (C=O) groups is 1. The lowest BCUT2D eigenvalue weighted by atomic mass is 9.82. The van der Waals surface area contributed by atoms with Crippen molar-refractivity contribution in [3.63, 3.8) is 0 Å². The Morgan fingerprint density at radius 3 is 2.70 bits per heavy atom. The number of hydrogen-bond acceptors (Lipinski definition) is 4. The SMILES string of the molecule is CC1CCCC(c2noc(C(C)C(=O)C(F)(F)F)n2)C1. The molecule has 0 N–H and O–H groups in total. The van der Waals surface area contributed by atoms with Crippen molar-refractivity contribution in [2.75, 3.05) is 0 Å². The number of halogens is 3. The molecule has 0 radical (unpaired) electrons. The molecule has 1 aromatic rings. The summed E-state index contributed by atoms with van der Waals surface area (Å²) in [6.45, 7) is 3.26. The Morgan fingerprint density at radius 1 is 1.40 bits per heavy atom. The summed E-state index contributed by atoms with van der Waals surface area (Å²) in [5.41, 5.74) is 0. The van der Waals surface area contributed by atoms with Gasteiger partial charge in [0.25, 0.3) is 0 Å². The third-order valence-corrected chi connectivity index (χ3v) is 3.80. The zero-order valence-corrected chi connectivity index (χ0v) is 11.4. The average Bonchev–Trinajstić information content (AvgIpc) is 2.85. The quantitative estimate of drug-likeness (QED) is 0.853. The fraction of sp³-hybridized carbons (Fsp3) is 0.769. The highest BCUT2D eigenvalue weighted by Crippen LogP contribution is 2.35. The molecule has 4 nitrogen and oxygen atoms in total. The number of Topliss-reactive ketones (excluding diaryl/α,β-unsaturated/α-hetero) is 1. The number of alkyl halides is 3. The molecular weight excluding hydrogens is 273 g/mol. The van der Waals surface area contributed by atoms with Crippen LogP contribution in [0.5, 0.6) is 0 Å². The van der Waals surface area contributed by atoms with Gasteiger partial charge in [0.1, 0.15) is 5.92 Å². The minimum atomic E-state index is -4.88. The molecule has 3 atom stereocenters. The van der Waals surface area contributed by atoms with Gasteiger partial charge in [0.05, 0.1) is 0 Å². The predicted molar refractivity (Wildman–Crippen MR) is 64.1 cm³/mol. The van der Waals surface area contributed by atoms with E-state index in [0.29, 0.717) is 11.7 Å². The Hall–Kier alpha value is -1.40. The van der Waals surface area contributed by atoms with Crippen molar-refractivity contribution in [2.45, 2.75) is 57.5 Å². The van der Waals surface area contributed by atoms with Gasteiger partial charge in [0, 0.05) is 5.92 Å². The van der Waals surface area contributed by atoms with Gasteiger partial charge >= 0.3 is 6.18 Å². The van der Waals surface area contributed by atoms with E-state index in [2.05, 4.69) is 17.1 Å². The normalized spacial score (nSPS) is 25.4. The van der Waals surface area contributed by atoms with Crippen molar-refractivity contribution in [1.29, 1.82) is 0 Å². The molecule has 1 aromatic heterocycles. The van der Waals surface area contributed by atoms with Gasteiger partial charge in [-0.2, -0.15) is 18.2 Å². The summed E-state index contributed by atoms with van der Waals surface area (Å²) in [6, 6.07) is 0. The molecule has 0 bridgehead atoms. The van der Waals surface area contributed by atoms with Crippen LogP contribution in [0.2, 0.25) is 0 Å². The van der Waals surface area contributed by atoms with E-state index in [9.17, 15) is 18.0 Å². The van der Waals surface area contributed by atoms with E-state index in [1.54, 1.807) is 0 Å². The summed E-state index contributed by atoms with van der Waals surface area (Å²) >= 11 is 0. The Balaban J connectivity index is 2.10.